The van der Waals surface area contributed by atoms with Crippen LogP contribution in [-0.4, -0.2) is 37.6 Å². The van der Waals surface area contributed by atoms with Gasteiger partial charge in [-0.05, 0) is 31.0 Å². The zero-order valence-electron chi connectivity index (χ0n) is 13.0. The second-order valence-corrected chi connectivity index (χ2v) is 6.54. The number of hydrogen-bond donors (Lipinski definition) is 2. The van der Waals surface area contributed by atoms with Gasteiger partial charge in [-0.3, -0.25) is 4.79 Å². The fraction of sp³-hybridized carbons (Fsp3) is 0.250. The number of aromatic amines is 1. The van der Waals surface area contributed by atoms with Gasteiger partial charge in [-0.15, -0.1) is 0 Å². The number of rotatable bonds is 6. The van der Waals surface area contributed by atoms with Crippen molar-refractivity contribution in [1.82, 2.24) is 25.3 Å². The zero-order chi connectivity index (χ0) is 16.9. The van der Waals surface area contributed by atoms with Crippen LogP contribution in [0.25, 0.3) is 11.2 Å². The van der Waals surface area contributed by atoms with E-state index >= 15 is 0 Å². The Hall–Kier alpha value is -2.48. The second kappa shape index (κ2) is 7.39. The molecule has 3 aromatic rings. The predicted molar refractivity (Wildman–Crippen MR) is 90.1 cm³/mol. The maximum atomic E-state index is 12.8. The summed E-state index contributed by atoms with van der Waals surface area (Å²) in [6.45, 7) is 2.32. The first-order valence-corrected chi connectivity index (χ1v) is 8.34. The molecule has 1 atom stereocenters. The van der Waals surface area contributed by atoms with Crippen LogP contribution in [0.4, 0.5) is 4.39 Å². The van der Waals surface area contributed by atoms with E-state index in [1.54, 1.807) is 18.5 Å². The van der Waals surface area contributed by atoms with E-state index in [1.807, 2.05) is 6.92 Å². The molecule has 1 aromatic carbocycles. The van der Waals surface area contributed by atoms with Crippen molar-refractivity contribution in [2.45, 2.75) is 23.6 Å². The zero-order valence-corrected chi connectivity index (χ0v) is 13.8. The summed E-state index contributed by atoms with van der Waals surface area (Å²) in [4.78, 5) is 27.5. The molecule has 0 aliphatic heterocycles. The second-order valence-electron chi connectivity index (χ2n) is 5.21. The molecular formula is C16H16FN5OS. The van der Waals surface area contributed by atoms with Crippen molar-refractivity contribution in [3.05, 3.63) is 48.3 Å². The number of carbonyl (C=O) groups excluding carboxylic acids is 1. The summed E-state index contributed by atoms with van der Waals surface area (Å²) in [6.07, 6.45) is 3.64. The predicted octanol–water partition coefficient (Wildman–Crippen LogP) is 2.33. The highest BCUT2D eigenvalue weighted by Crippen LogP contribution is 2.25. The summed E-state index contributed by atoms with van der Waals surface area (Å²) in [7, 11) is 0. The molecule has 0 spiro atoms. The number of H-pyrrole nitrogens is 1. The van der Waals surface area contributed by atoms with E-state index in [0.717, 1.165) is 11.1 Å². The number of benzene rings is 1. The summed E-state index contributed by atoms with van der Waals surface area (Å²) < 4.78 is 12.8. The van der Waals surface area contributed by atoms with E-state index in [4.69, 9.17) is 0 Å². The summed E-state index contributed by atoms with van der Waals surface area (Å²) in [5.74, 6) is -0.337. The normalized spacial score (nSPS) is 12.2. The van der Waals surface area contributed by atoms with Gasteiger partial charge in [0.05, 0.1) is 11.6 Å². The lowest BCUT2D eigenvalue weighted by Crippen LogP contribution is -2.32. The van der Waals surface area contributed by atoms with Gasteiger partial charge in [0, 0.05) is 6.54 Å². The highest BCUT2D eigenvalue weighted by molar-refractivity contribution is 8.00. The number of amides is 1. The maximum Gasteiger partial charge on any atom is 0.233 e. The molecular weight excluding hydrogens is 329 g/mol. The summed E-state index contributed by atoms with van der Waals surface area (Å²) in [5.41, 5.74) is 2.29. The molecule has 0 aliphatic carbocycles. The Kier molecular flexibility index (Phi) is 5.05. The fourth-order valence-corrected chi connectivity index (χ4v) is 3.08. The number of thioether (sulfide) groups is 1. The number of carbonyl (C=O) groups is 1. The minimum Gasteiger partial charge on any atom is -0.355 e. The number of fused-ring (bicyclic) bond motifs is 1. The van der Waals surface area contributed by atoms with Gasteiger partial charge < -0.3 is 10.3 Å². The minimum absolute atomic E-state index is 0.0756. The van der Waals surface area contributed by atoms with Crippen molar-refractivity contribution in [2.75, 3.05) is 6.54 Å². The molecule has 0 bridgehead atoms. The third-order valence-corrected chi connectivity index (χ3v) is 4.57. The number of imidazole rings is 1. The Balaban J connectivity index is 1.53. The Morgan fingerprint density at radius 1 is 1.29 bits per heavy atom. The fourth-order valence-electron chi connectivity index (χ4n) is 2.18. The van der Waals surface area contributed by atoms with Crippen molar-refractivity contribution in [3.8, 4) is 0 Å². The Morgan fingerprint density at radius 3 is 2.88 bits per heavy atom. The van der Waals surface area contributed by atoms with Crippen molar-refractivity contribution >= 4 is 28.8 Å². The average Bonchev–Trinajstić information content (AvgIpc) is 3.06. The molecule has 0 fully saturated rings. The lowest BCUT2D eigenvalue weighted by Gasteiger charge is -2.11. The highest BCUT2D eigenvalue weighted by atomic mass is 32.2. The van der Waals surface area contributed by atoms with E-state index in [1.165, 1.54) is 30.2 Å². The Labute approximate surface area is 142 Å². The van der Waals surface area contributed by atoms with Crippen molar-refractivity contribution in [1.29, 1.82) is 0 Å². The van der Waals surface area contributed by atoms with Crippen LogP contribution >= 0.6 is 11.8 Å². The first-order chi connectivity index (χ1) is 11.6. The monoisotopic (exact) mass is 345 g/mol. The molecule has 0 saturated heterocycles. The number of halogens is 1. The van der Waals surface area contributed by atoms with E-state index in [-0.39, 0.29) is 17.0 Å². The van der Waals surface area contributed by atoms with Crippen LogP contribution in [0.3, 0.4) is 0 Å². The maximum absolute atomic E-state index is 12.8. The lowest BCUT2D eigenvalue weighted by atomic mass is 10.1. The van der Waals surface area contributed by atoms with Crippen molar-refractivity contribution in [3.63, 3.8) is 0 Å². The first kappa shape index (κ1) is 16.4. The Bertz CT molecular complexity index is 836. The summed E-state index contributed by atoms with van der Waals surface area (Å²) in [6, 6.07) is 6.27. The molecule has 2 aromatic heterocycles. The molecule has 3 rings (SSSR count). The van der Waals surface area contributed by atoms with Gasteiger partial charge in [0.1, 0.15) is 22.7 Å². The SMILES string of the molecule is CC(Sc1ncnc2nc[nH]c12)C(=O)NCCc1ccc(F)cc1. The number of aromatic nitrogens is 4. The molecule has 2 N–H and O–H groups in total. The van der Waals surface area contributed by atoms with Gasteiger partial charge in [-0.2, -0.15) is 0 Å². The van der Waals surface area contributed by atoms with Crippen LogP contribution in [0.1, 0.15) is 12.5 Å². The van der Waals surface area contributed by atoms with Crippen LogP contribution in [0.15, 0.2) is 41.9 Å². The topological polar surface area (TPSA) is 83.6 Å². The molecule has 1 amide bonds. The summed E-state index contributed by atoms with van der Waals surface area (Å²) >= 11 is 1.35. The van der Waals surface area contributed by atoms with Gasteiger partial charge in [0.15, 0.2) is 5.65 Å². The molecule has 0 saturated carbocycles. The van der Waals surface area contributed by atoms with Crippen LogP contribution in [-0.2, 0) is 11.2 Å². The van der Waals surface area contributed by atoms with Gasteiger partial charge >= 0.3 is 0 Å². The standard InChI is InChI=1S/C16H16FN5OS/c1-10(24-16-13-14(20-8-19-13)21-9-22-16)15(23)18-7-6-11-2-4-12(17)5-3-11/h2-5,8-10H,6-7H2,1H3,(H,18,23)(H,19,20,21,22). The molecule has 8 heteroatoms. The molecule has 2 heterocycles. The van der Waals surface area contributed by atoms with Crippen LogP contribution in [0.2, 0.25) is 0 Å². The van der Waals surface area contributed by atoms with Gasteiger partial charge in [0.25, 0.3) is 0 Å². The van der Waals surface area contributed by atoms with Crippen LogP contribution in [0, 0.1) is 5.82 Å². The third-order valence-electron chi connectivity index (χ3n) is 3.47. The minimum atomic E-state index is -0.306. The van der Waals surface area contributed by atoms with E-state index in [2.05, 4.69) is 25.3 Å². The van der Waals surface area contributed by atoms with E-state index < -0.39 is 0 Å². The smallest absolute Gasteiger partial charge is 0.233 e. The molecule has 0 radical (unpaired) electrons. The van der Waals surface area contributed by atoms with Crippen molar-refractivity contribution < 1.29 is 9.18 Å². The van der Waals surface area contributed by atoms with Gasteiger partial charge in [-0.25, -0.2) is 19.3 Å². The molecule has 0 aliphatic rings. The first-order valence-electron chi connectivity index (χ1n) is 7.46. The number of hydrogen-bond acceptors (Lipinski definition) is 5. The van der Waals surface area contributed by atoms with E-state index in [0.29, 0.717) is 23.6 Å². The van der Waals surface area contributed by atoms with Gasteiger partial charge in [-0.1, -0.05) is 23.9 Å². The molecule has 6 nitrogen and oxygen atoms in total. The third kappa shape index (κ3) is 3.88. The Morgan fingerprint density at radius 2 is 2.08 bits per heavy atom. The lowest BCUT2D eigenvalue weighted by molar-refractivity contribution is -0.120. The molecule has 24 heavy (non-hydrogen) atoms. The average molecular weight is 345 g/mol. The highest BCUT2D eigenvalue weighted by Gasteiger charge is 2.17. The summed E-state index contributed by atoms with van der Waals surface area (Å²) in [5, 5.41) is 3.27. The van der Waals surface area contributed by atoms with Crippen LogP contribution in [0.5, 0.6) is 0 Å². The van der Waals surface area contributed by atoms with E-state index in [9.17, 15) is 9.18 Å². The van der Waals surface area contributed by atoms with Crippen molar-refractivity contribution in [2.24, 2.45) is 0 Å². The number of nitrogens with zero attached hydrogens (tertiary/aromatic N) is 3. The molecule has 1 unspecified atom stereocenters. The largest absolute Gasteiger partial charge is 0.355 e. The number of nitrogens with one attached hydrogen (secondary N) is 2. The van der Waals surface area contributed by atoms with Crippen LogP contribution < -0.4 is 5.32 Å². The van der Waals surface area contributed by atoms with Gasteiger partial charge in [0.2, 0.25) is 5.91 Å². The molecule has 124 valence electrons. The quantitative estimate of drug-likeness (QED) is 0.529.